The van der Waals surface area contributed by atoms with Crippen LogP contribution in [0.5, 0.6) is 0 Å². The van der Waals surface area contributed by atoms with Gasteiger partial charge in [-0.05, 0) is 19.1 Å². The number of hydrogen-bond donors (Lipinski definition) is 2. The van der Waals surface area contributed by atoms with E-state index in [0.717, 1.165) is 12.2 Å². The van der Waals surface area contributed by atoms with E-state index < -0.39 is 23.9 Å². The Morgan fingerprint density at radius 2 is 1.24 bits per heavy atom. The standard InChI is InChI=1S/C8H4O3.C4H2O3.C3H6.C2H6O2/c9-7-5-3-1-2-4-6(5)8(10)11-7;5-3-1-2-4(6)7-3;1-3-2;3-1-2-4/h1-4H;1-2H;3H,1H2,2H3;3-4H,1-2H2. The summed E-state index contributed by atoms with van der Waals surface area (Å²) in [6.07, 6.45) is 3.92. The van der Waals surface area contributed by atoms with E-state index in [2.05, 4.69) is 16.1 Å². The SMILES string of the molecule is C=CC.O=C1C=CC(=O)O1.O=C1OC(=O)c2ccccc21.OCCO. The maximum absolute atomic E-state index is 10.8. The predicted molar refractivity (Wildman–Crippen MR) is 86.5 cm³/mol. The van der Waals surface area contributed by atoms with Crippen LogP contribution in [-0.2, 0) is 19.1 Å². The van der Waals surface area contributed by atoms with Crippen molar-refractivity contribution in [1.82, 2.24) is 0 Å². The molecule has 1 aromatic carbocycles. The van der Waals surface area contributed by atoms with Crippen molar-refractivity contribution in [3.8, 4) is 0 Å². The number of aliphatic hydroxyl groups is 2. The van der Waals surface area contributed by atoms with Gasteiger partial charge in [0, 0.05) is 12.2 Å². The zero-order valence-electron chi connectivity index (χ0n) is 13.5. The number of carbonyl (C=O) groups excluding carboxylic acids is 4. The van der Waals surface area contributed by atoms with Gasteiger partial charge in [0.2, 0.25) is 0 Å². The summed E-state index contributed by atoms with van der Waals surface area (Å²) < 4.78 is 8.33. The Morgan fingerprint density at radius 1 is 0.880 bits per heavy atom. The highest BCUT2D eigenvalue weighted by molar-refractivity contribution is 6.14. The van der Waals surface area contributed by atoms with Crippen molar-refractivity contribution >= 4 is 23.9 Å². The van der Waals surface area contributed by atoms with Crippen LogP contribution in [0.25, 0.3) is 0 Å². The monoisotopic (exact) mass is 350 g/mol. The molecular formula is C17H18O8. The molecule has 8 nitrogen and oxygen atoms in total. The molecule has 0 radical (unpaired) electrons. The first kappa shape index (κ1) is 21.9. The quantitative estimate of drug-likeness (QED) is 0.432. The highest BCUT2D eigenvalue weighted by atomic mass is 16.6. The van der Waals surface area contributed by atoms with Gasteiger partial charge in [-0.1, -0.05) is 18.2 Å². The largest absolute Gasteiger partial charge is 0.394 e. The van der Waals surface area contributed by atoms with E-state index >= 15 is 0 Å². The van der Waals surface area contributed by atoms with Gasteiger partial charge >= 0.3 is 23.9 Å². The summed E-state index contributed by atoms with van der Waals surface area (Å²) in [6.45, 7) is 5.00. The first-order valence-electron chi connectivity index (χ1n) is 6.99. The van der Waals surface area contributed by atoms with Gasteiger partial charge in [0.05, 0.1) is 24.3 Å². The number of esters is 4. The Bertz CT molecular complexity index is 609. The number of fused-ring (bicyclic) bond motifs is 1. The van der Waals surface area contributed by atoms with E-state index in [9.17, 15) is 19.2 Å². The maximum Gasteiger partial charge on any atom is 0.346 e. The average Bonchev–Trinajstić information content (AvgIpc) is 3.12. The van der Waals surface area contributed by atoms with Crippen LogP contribution in [0.2, 0.25) is 0 Å². The van der Waals surface area contributed by atoms with Gasteiger partial charge < -0.3 is 19.7 Å². The molecule has 25 heavy (non-hydrogen) atoms. The normalized spacial score (nSPS) is 13.1. The Labute approximate surface area is 144 Å². The number of cyclic esters (lactones) is 4. The number of ether oxygens (including phenoxy) is 2. The minimum atomic E-state index is -0.579. The third-order valence-corrected chi connectivity index (χ3v) is 2.21. The van der Waals surface area contributed by atoms with Crippen LogP contribution in [0.1, 0.15) is 27.6 Å². The molecule has 0 bridgehead atoms. The third kappa shape index (κ3) is 8.35. The van der Waals surface area contributed by atoms with Crippen molar-refractivity contribution in [1.29, 1.82) is 0 Å². The molecule has 8 heteroatoms. The van der Waals surface area contributed by atoms with Gasteiger partial charge in [0.25, 0.3) is 0 Å². The Hall–Kier alpha value is -3.10. The maximum atomic E-state index is 10.8. The van der Waals surface area contributed by atoms with Crippen LogP contribution in [-0.4, -0.2) is 47.3 Å². The molecule has 2 N–H and O–H groups in total. The Kier molecular flexibility index (Phi) is 10.8. The molecule has 0 amide bonds. The highest BCUT2D eigenvalue weighted by Gasteiger charge is 2.28. The molecule has 0 saturated heterocycles. The Morgan fingerprint density at radius 3 is 1.48 bits per heavy atom. The second-order valence-corrected chi connectivity index (χ2v) is 4.15. The van der Waals surface area contributed by atoms with Crippen LogP contribution < -0.4 is 0 Å². The number of benzene rings is 1. The molecule has 0 fully saturated rings. The molecule has 0 spiro atoms. The van der Waals surface area contributed by atoms with Crippen LogP contribution in [0.15, 0.2) is 49.1 Å². The van der Waals surface area contributed by atoms with Crippen molar-refractivity contribution in [2.75, 3.05) is 13.2 Å². The van der Waals surface area contributed by atoms with Crippen molar-refractivity contribution in [2.24, 2.45) is 0 Å². The highest BCUT2D eigenvalue weighted by Crippen LogP contribution is 2.18. The second-order valence-electron chi connectivity index (χ2n) is 4.15. The van der Waals surface area contributed by atoms with E-state index in [0.29, 0.717) is 11.1 Å². The van der Waals surface area contributed by atoms with Gasteiger partial charge in [-0.2, -0.15) is 0 Å². The van der Waals surface area contributed by atoms with E-state index in [1.54, 1.807) is 30.3 Å². The summed E-state index contributed by atoms with van der Waals surface area (Å²) >= 11 is 0. The predicted octanol–water partition coefficient (Wildman–Crippen LogP) is 0.786. The van der Waals surface area contributed by atoms with Crippen molar-refractivity contribution < 1.29 is 38.9 Å². The van der Waals surface area contributed by atoms with Crippen molar-refractivity contribution in [3.05, 3.63) is 60.2 Å². The number of rotatable bonds is 1. The molecule has 1 aromatic rings. The number of allylic oxidation sites excluding steroid dienone is 1. The van der Waals surface area contributed by atoms with Gasteiger partial charge in [0.1, 0.15) is 0 Å². The molecule has 0 aromatic heterocycles. The van der Waals surface area contributed by atoms with E-state index in [1.165, 1.54) is 0 Å². The zero-order chi connectivity index (χ0) is 19.2. The molecule has 0 atom stereocenters. The summed E-state index contributed by atoms with van der Waals surface area (Å²) in [6, 6.07) is 6.53. The van der Waals surface area contributed by atoms with Crippen LogP contribution >= 0.6 is 0 Å². The molecule has 0 saturated carbocycles. The fraction of sp³-hybridized carbons (Fsp3) is 0.176. The third-order valence-electron chi connectivity index (χ3n) is 2.21. The van der Waals surface area contributed by atoms with Gasteiger partial charge in [-0.25, -0.2) is 19.2 Å². The summed E-state index contributed by atoms with van der Waals surface area (Å²) in [5, 5.41) is 15.2. The smallest absolute Gasteiger partial charge is 0.346 e. The molecule has 2 aliphatic heterocycles. The van der Waals surface area contributed by atoms with Crippen LogP contribution in [0, 0.1) is 0 Å². The lowest BCUT2D eigenvalue weighted by atomic mass is 10.1. The van der Waals surface area contributed by atoms with E-state index in [-0.39, 0.29) is 13.2 Å². The lowest BCUT2D eigenvalue weighted by Crippen LogP contribution is -1.96. The summed E-state index contributed by atoms with van der Waals surface area (Å²) in [7, 11) is 0. The van der Waals surface area contributed by atoms with Gasteiger partial charge in [-0.15, -0.1) is 6.58 Å². The van der Waals surface area contributed by atoms with E-state index in [1.807, 2.05) is 6.92 Å². The minimum Gasteiger partial charge on any atom is -0.394 e. The Balaban J connectivity index is 0.000000355. The van der Waals surface area contributed by atoms with Gasteiger partial charge in [-0.3, -0.25) is 0 Å². The minimum absolute atomic E-state index is 0.125. The fourth-order valence-electron chi connectivity index (χ4n) is 1.34. The molecule has 0 unspecified atom stereocenters. The lowest BCUT2D eigenvalue weighted by molar-refractivity contribution is -0.150. The second kappa shape index (κ2) is 12.3. The molecule has 0 aliphatic carbocycles. The summed E-state index contributed by atoms with van der Waals surface area (Å²) in [5.41, 5.74) is 0.718. The van der Waals surface area contributed by atoms with E-state index in [4.69, 9.17) is 10.2 Å². The average molecular weight is 350 g/mol. The number of aliphatic hydroxyl groups excluding tert-OH is 2. The van der Waals surface area contributed by atoms with Gasteiger partial charge in [0.15, 0.2) is 0 Å². The number of carbonyl (C=O) groups is 4. The lowest BCUT2D eigenvalue weighted by Gasteiger charge is -1.86. The van der Waals surface area contributed by atoms with Crippen molar-refractivity contribution in [2.45, 2.75) is 6.92 Å². The topological polar surface area (TPSA) is 127 Å². The zero-order valence-corrected chi connectivity index (χ0v) is 13.5. The first-order valence-corrected chi connectivity index (χ1v) is 6.99. The fourth-order valence-corrected chi connectivity index (χ4v) is 1.34. The summed E-state index contributed by atoms with van der Waals surface area (Å²) in [4.78, 5) is 41.5. The molecule has 3 rings (SSSR count). The number of hydrogen-bond acceptors (Lipinski definition) is 8. The molecule has 2 aliphatic rings. The molecule has 2 heterocycles. The summed E-state index contributed by atoms with van der Waals surface area (Å²) in [5.74, 6) is -2.26. The molecule has 134 valence electrons. The van der Waals surface area contributed by atoms with Crippen LogP contribution in [0.4, 0.5) is 0 Å². The van der Waals surface area contributed by atoms with Crippen molar-refractivity contribution in [3.63, 3.8) is 0 Å². The van der Waals surface area contributed by atoms with Crippen LogP contribution in [0.3, 0.4) is 0 Å². The molecular weight excluding hydrogens is 332 g/mol. The first-order chi connectivity index (χ1) is 11.9.